The molecule has 0 unspecified atom stereocenters. The van der Waals surface area contributed by atoms with Gasteiger partial charge < -0.3 is 24.6 Å². The van der Waals surface area contributed by atoms with Crippen LogP contribution in [0.2, 0.25) is 0 Å². The van der Waals surface area contributed by atoms with Crippen LogP contribution in [0.3, 0.4) is 0 Å². The normalized spacial score (nSPS) is 20.1. The monoisotopic (exact) mass is 385 g/mol. The van der Waals surface area contributed by atoms with Crippen LogP contribution in [-0.2, 0) is 4.74 Å². The predicted octanol–water partition coefficient (Wildman–Crippen LogP) is 3.75. The Morgan fingerprint density at radius 2 is 1.89 bits per heavy atom. The van der Waals surface area contributed by atoms with Crippen LogP contribution in [0.25, 0.3) is 0 Å². The van der Waals surface area contributed by atoms with E-state index >= 15 is 0 Å². The van der Waals surface area contributed by atoms with Crippen LogP contribution in [-0.4, -0.2) is 52.5 Å². The van der Waals surface area contributed by atoms with E-state index in [1.807, 2.05) is 12.1 Å². The summed E-state index contributed by atoms with van der Waals surface area (Å²) in [6.45, 7) is 5.11. The summed E-state index contributed by atoms with van der Waals surface area (Å²) < 4.78 is 24.6. The van der Waals surface area contributed by atoms with Crippen molar-refractivity contribution in [2.75, 3.05) is 61.6 Å². The first kappa shape index (κ1) is 18.9. The highest BCUT2D eigenvalue weighted by atomic mass is 19.1. The number of nitrogens with zero attached hydrogens (tertiary/aromatic N) is 2. The molecule has 0 aromatic heterocycles. The second kappa shape index (κ2) is 8.69. The average molecular weight is 385 g/mol. The van der Waals surface area contributed by atoms with E-state index in [1.54, 1.807) is 19.2 Å². The van der Waals surface area contributed by atoms with Gasteiger partial charge >= 0.3 is 0 Å². The number of methoxy groups -OCH3 is 1. The van der Waals surface area contributed by atoms with Crippen molar-refractivity contribution in [3.05, 3.63) is 48.3 Å². The molecule has 0 radical (unpaired) electrons. The van der Waals surface area contributed by atoms with Gasteiger partial charge in [0.05, 0.1) is 20.3 Å². The molecule has 2 fully saturated rings. The van der Waals surface area contributed by atoms with Crippen LogP contribution in [0.15, 0.2) is 42.5 Å². The second-order valence-corrected chi connectivity index (χ2v) is 7.43. The molecule has 1 atom stereocenters. The van der Waals surface area contributed by atoms with E-state index in [9.17, 15) is 4.39 Å². The van der Waals surface area contributed by atoms with Crippen LogP contribution >= 0.6 is 0 Å². The fourth-order valence-electron chi connectivity index (χ4n) is 4.03. The van der Waals surface area contributed by atoms with Gasteiger partial charge in [0.15, 0.2) is 0 Å². The molecule has 2 aromatic rings. The Morgan fingerprint density at radius 1 is 1.04 bits per heavy atom. The van der Waals surface area contributed by atoms with Gasteiger partial charge in [-0.2, -0.15) is 0 Å². The molecule has 6 heteroatoms. The number of piperidine rings is 1. The summed E-state index contributed by atoms with van der Waals surface area (Å²) in [4.78, 5) is 4.59. The van der Waals surface area contributed by atoms with Crippen LogP contribution in [0.1, 0.15) is 12.8 Å². The zero-order chi connectivity index (χ0) is 19.3. The van der Waals surface area contributed by atoms with Gasteiger partial charge in [0, 0.05) is 61.4 Å². The van der Waals surface area contributed by atoms with Gasteiger partial charge in [-0.05, 0) is 37.1 Å². The summed E-state index contributed by atoms with van der Waals surface area (Å²) in [6.07, 6.45) is 2.17. The summed E-state index contributed by atoms with van der Waals surface area (Å²) in [5.41, 5.74) is 3.17. The third-order valence-electron chi connectivity index (χ3n) is 5.47. The fraction of sp³-hybridized carbons (Fsp3) is 0.455. The lowest BCUT2D eigenvalue weighted by atomic mass is 10.0. The van der Waals surface area contributed by atoms with E-state index in [2.05, 4.69) is 27.2 Å². The Kier molecular flexibility index (Phi) is 5.86. The summed E-state index contributed by atoms with van der Waals surface area (Å²) in [5, 5.41) is 3.68. The first-order chi connectivity index (χ1) is 13.7. The molecule has 28 heavy (non-hydrogen) atoms. The Bertz CT molecular complexity index is 795. The molecule has 0 spiro atoms. The molecule has 2 aliphatic heterocycles. The minimum atomic E-state index is -0.185. The highest BCUT2D eigenvalue weighted by Gasteiger charge is 2.21. The quantitative estimate of drug-likeness (QED) is 0.848. The van der Waals surface area contributed by atoms with Crippen molar-refractivity contribution in [3.8, 4) is 5.75 Å². The molecule has 2 heterocycles. The van der Waals surface area contributed by atoms with E-state index in [0.717, 1.165) is 75.0 Å². The smallest absolute Gasteiger partial charge is 0.125 e. The van der Waals surface area contributed by atoms with Gasteiger partial charge in [0.2, 0.25) is 0 Å². The standard InChI is InChI=1S/C22H28FN3O2/c1-27-22-14-19(13-21(15-22)25-8-10-28-11-9-25)24-18-5-3-7-26(16-18)20-6-2-4-17(23)12-20/h2,4,6,12-15,18,24H,3,5,7-11,16H2,1H3/t18-/m1/s1. The molecule has 150 valence electrons. The summed E-state index contributed by atoms with van der Waals surface area (Å²) >= 11 is 0. The molecule has 2 saturated heterocycles. The number of hydrogen-bond acceptors (Lipinski definition) is 5. The van der Waals surface area contributed by atoms with Crippen molar-refractivity contribution in [2.45, 2.75) is 18.9 Å². The number of halogens is 1. The maximum Gasteiger partial charge on any atom is 0.125 e. The summed E-state index contributed by atoms with van der Waals surface area (Å²) in [6, 6.07) is 13.5. The minimum Gasteiger partial charge on any atom is -0.497 e. The van der Waals surface area contributed by atoms with E-state index in [1.165, 1.54) is 6.07 Å². The maximum atomic E-state index is 13.6. The van der Waals surface area contributed by atoms with Crippen molar-refractivity contribution < 1.29 is 13.9 Å². The van der Waals surface area contributed by atoms with Crippen LogP contribution < -0.4 is 19.9 Å². The molecule has 0 bridgehead atoms. The highest BCUT2D eigenvalue weighted by molar-refractivity contribution is 5.63. The van der Waals surface area contributed by atoms with Crippen molar-refractivity contribution in [3.63, 3.8) is 0 Å². The van der Waals surface area contributed by atoms with E-state index in [0.29, 0.717) is 6.04 Å². The largest absolute Gasteiger partial charge is 0.497 e. The minimum absolute atomic E-state index is 0.185. The van der Waals surface area contributed by atoms with Gasteiger partial charge in [-0.25, -0.2) is 4.39 Å². The number of ether oxygens (including phenoxy) is 2. The topological polar surface area (TPSA) is 37.0 Å². The van der Waals surface area contributed by atoms with Crippen LogP contribution in [0.5, 0.6) is 5.75 Å². The molecular weight excluding hydrogens is 357 g/mol. The van der Waals surface area contributed by atoms with Crippen LogP contribution in [0.4, 0.5) is 21.5 Å². The molecule has 2 aromatic carbocycles. The van der Waals surface area contributed by atoms with Crippen LogP contribution in [0, 0.1) is 5.82 Å². The van der Waals surface area contributed by atoms with Gasteiger partial charge in [0.1, 0.15) is 11.6 Å². The van der Waals surface area contributed by atoms with E-state index < -0.39 is 0 Å². The van der Waals surface area contributed by atoms with E-state index in [4.69, 9.17) is 9.47 Å². The SMILES string of the molecule is COc1cc(N[C@@H]2CCCN(c3cccc(F)c3)C2)cc(N2CCOCC2)c1. The molecule has 0 aliphatic carbocycles. The molecule has 1 N–H and O–H groups in total. The Labute approximate surface area is 166 Å². The zero-order valence-corrected chi connectivity index (χ0v) is 16.4. The number of rotatable bonds is 5. The predicted molar refractivity (Wildman–Crippen MR) is 111 cm³/mol. The molecule has 5 nitrogen and oxygen atoms in total. The highest BCUT2D eigenvalue weighted by Crippen LogP contribution is 2.29. The lowest BCUT2D eigenvalue weighted by Crippen LogP contribution is -2.42. The average Bonchev–Trinajstić information content (AvgIpc) is 2.74. The maximum absolute atomic E-state index is 13.6. The zero-order valence-electron chi connectivity index (χ0n) is 16.4. The summed E-state index contributed by atoms with van der Waals surface area (Å²) in [7, 11) is 1.70. The molecule has 2 aliphatic rings. The lowest BCUT2D eigenvalue weighted by Gasteiger charge is -2.35. The van der Waals surface area contributed by atoms with Crippen molar-refractivity contribution in [2.24, 2.45) is 0 Å². The second-order valence-electron chi connectivity index (χ2n) is 7.43. The van der Waals surface area contributed by atoms with Gasteiger partial charge in [-0.15, -0.1) is 0 Å². The molecular formula is C22H28FN3O2. The third-order valence-corrected chi connectivity index (χ3v) is 5.47. The van der Waals surface area contributed by atoms with Crippen molar-refractivity contribution >= 4 is 17.1 Å². The Hall–Kier alpha value is -2.47. The van der Waals surface area contributed by atoms with Gasteiger partial charge in [-0.1, -0.05) is 6.07 Å². The fourth-order valence-corrected chi connectivity index (χ4v) is 4.03. The van der Waals surface area contributed by atoms with Crippen molar-refractivity contribution in [1.29, 1.82) is 0 Å². The van der Waals surface area contributed by atoms with Gasteiger partial charge in [-0.3, -0.25) is 0 Å². The lowest BCUT2D eigenvalue weighted by molar-refractivity contribution is 0.122. The number of anilines is 3. The molecule has 0 saturated carbocycles. The van der Waals surface area contributed by atoms with Gasteiger partial charge in [0.25, 0.3) is 0 Å². The number of benzene rings is 2. The number of nitrogens with one attached hydrogen (secondary N) is 1. The first-order valence-electron chi connectivity index (χ1n) is 10.00. The third kappa shape index (κ3) is 4.50. The van der Waals surface area contributed by atoms with Crippen molar-refractivity contribution in [1.82, 2.24) is 0 Å². The Balaban J connectivity index is 1.48. The molecule has 0 amide bonds. The number of hydrogen-bond donors (Lipinski definition) is 1. The Morgan fingerprint density at radius 3 is 2.68 bits per heavy atom. The summed E-state index contributed by atoms with van der Waals surface area (Å²) in [5.74, 6) is 0.666. The molecule has 4 rings (SSSR count). The number of morpholine rings is 1. The first-order valence-corrected chi connectivity index (χ1v) is 10.00. The van der Waals surface area contributed by atoms with E-state index in [-0.39, 0.29) is 5.82 Å².